The number of nitrogen functional groups attached to an aromatic ring is 2. The van der Waals surface area contributed by atoms with Crippen molar-refractivity contribution in [3.8, 4) is 11.4 Å². The van der Waals surface area contributed by atoms with Crippen LogP contribution in [0.15, 0.2) is 23.0 Å². The molecular weight excluding hydrogens is 251 g/mol. The summed E-state index contributed by atoms with van der Waals surface area (Å²) in [5.41, 5.74) is 11.8. The van der Waals surface area contributed by atoms with Gasteiger partial charge in [-0.05, 0) is 18.2 Å². The van der Waals surface area contributed by atoms with Gasteiger partial charge in [0.1, 0.15) is 11.6 Å². The number of benzene rings is 1. The average molecular weight is 260 g/mol. The van der Waals surface area contributed by atoms with E-state index in [1.54, 1.807) is 0 Å². The molecule has 0 unspecified atom stereocenters. The second-order valence-corrected chi connectivity index (χ2v) is 3.97. The van der Waals surface area contributed by atoms with Crippen LogP contribution in [0.1, 0.15) is 0 Å². The van der Waals surface area contributed by atoms with Crippen LogP contribution in [0.4, 0.5) is 16.0 Å². The summed E-state index contributed by atoms with van der Waals surface area (Å²) in [5.74, 6) is -0.142. The Morgan fingerprint density at radius 2 is 1.95 bits per heavy atom. The summed E-state index contributed by atoms with van der Waals surface area (Å²) in [4.78, 5) is 24.8. The van der Waals surface area contributed by atoms with E-state index in [2.05, 4.69) is 19.9 Å². The number of H-pyrrole nitrogens is 2. The maximum absolute atomic E-state index is 13.0. The fourth-order valence-electron chi connectivity index (χ4n) is 1.80. The number of anilines is 2. The zero-order valence-electron chi connectivity index (χ0n) is 9.57. The minimum absolute atomic E-state index is 0.0253. The standard InChI is InChI=1S/C11H9FN6O/c12-4-1-2-5(6(13)3-4)8-15-7-9(16-8)17-11(14)18-10(7)19/h1-3H,13H2,(H4,14,15,16,17,18,19). The molecule has 0 aliphatic heterocycles. The molecule has 0 aliphatic carbocycles. The van der Waals surface area contributed by atoms with Gasteiger partial charge >= 0.3 is 0 Å². The van der Waals surface area contributed by atoms with Gasteiger partial charge < -0.3 is 16.5 Å². The van der Waals surface area contributed by atoms with Gasteiger partial charge in [0.2, 0.25) is 5.95 Å². The van der Waals surface area contributed by atoms with E-state index in [9.17, 15) is 9.18 Å². The number of hydrogen-bond acceptors (Lipinski definition) is 5. The number of nitrogens with one attached hydrogen (secondary N) is 2. The van der Waals surface area contributed by atoms with Crippen LogP contribution in [0.5, 0.6) is 0 Å². The molecule has 96 valence electrons. The Balaban J connectivity index is 2.26. The number of fused-ring (bicyclic) bond motifs is 1. The summed E-state index contributed by atoms with van der Waals surface area (Å²) in [6.07, 6.45) is 0. The molecule has 3 aromatic rings. The Morgan fingerprint density at radius 3 is 2.68 bits per heavy atom. The highest BCUT2D eigenvalue weighted by molar-refractivity contribution is 5.80. The Bertz CT molecular complexity index is 837. The number of aromatic nitrogens is 4. The summed E-state index contributed by atoms with van der Waals surface area (Å²) < 4.78 is 13.0. The first kappa shape index (κ1) is 11.2. The molecule has 0 fully saturated rings. The van der Waals surface area contributed by atoms with Gasteiger partial charge in [-0.3, -0.25) is 9.78 Å². The topological polar surface area (TPSA) is 126 Å². The lowest BCUT2D eigenvalue weighted by molar-refractivity contribution is 0.628. The number of nitrogens with zero attached hydrogens (tertiary/aromatic N) is 2. The summed E-state index contributed by atoms with van der Waals surface area (Å²) in [5, 5.41) is 0. The lowest BCUT2D eigenvalue weighted by atomic mass is 10.1. The fraction of sp³-hybridized carbons (Fsp3) is 0. The number of rotatable bonds is 1. The van der Waals surface area contributed by atoms with Gasteiger partial charge in [-0.15, -0.1) is 0 Å². The quantitative estimate of drug-likeness (QED) is 0.477. The Labute approximate surface area is 105 Å². The van der Waals surface area contributed by atoms with Crippen molar-refractivity contribution in [1.82, 2.24) is 19.9 Å². The third-order valence-electron chi connectivity index (χ3n) is 2.65. The van der Waals surface area contributed by atoms with Gasteiger partial charge in [0.15, 0.2) is 11.2 Å². The van der Waals surface area contributed by atoms with Crippen molar-refractivity contribution in [2.75, 3.05) is 11.5 Å². The van der Waals surface area contributed by atoms with Crippen molar-refractivity contribution in [2.24, 2.45) is 0 Å². The molecule has 0 bridgehead atoms. The van der Waals surface area contributed by atoms with Crippen LogP contribution in [0, 0.1) is 5.82 Å². The monoisotopic (exact) mass is 260 g/mol. The molecule has 0 saturated carbocycles. The first-order valence-corrected chi connectivity index (χ1v) is 5.35. The van der Waals surface area contributed by atoms with E-state index in [1.165, 1.54) is 18.2 Å². The maximum Gasteiger partial charge on any atom is 0.278 e. The van der Waals surface area contributed by atoms with Gasteiger partial charge in [0, 0.05) is 11.3 Å². The first-order valence-electron chi connectivity index (χ1n) is 5.35. The molecule has 0 aliphatic rings. The third-order valence-corrected chi connectivity index (χ3v) is 2.65. The summed E-state index contributed by atoms with van der Waals surface area (Å²) in [7, 11) is 0. The van der Waals surface area contributed by atoms with Gasteiger partial charge in [-0.1, -0.05) is 0 Å². The van der Waals surface area contributed by atoms with Crippen LogP contribution in [0.25, 0.3) is 22.6 Å². The highest BCUT2D eigenvalue weighted by Crippen LogP contribution is 2.24. The predicted octanol–water partition coefficient (Wildman–Crippen LogP) is 0.617. The van der Waals surface area contributed by atoms with Crippen LogP contribution in [0.2, 0.25) is 0 Å². The van der Waals surface area contributed by atoms with E-state index < -0.39 is 11.4 Å². The molecule has 3 rings (SSSR count). The normalized spacial score (nSPS) is 11.0. The number of imidazole rings is 1. The van der Waals surface area contributed by atoms with Gasteiger partial charge in [-0.25, -0.2) is 9.37 Å². The van der Waals surface area contributed by atoms with E-state index in [1.807, 2.05) is 0 Å². The van der Waals surface area contributed by atoms with Crippen molar-refractivity contribution in [3.05, 3.63) is 34.4 Å². The molecule has 1 aromatic carbocycles. The van der Waals surface area contributed by atoms with E-state index in [0.717, 1.165) is 0 Å². The minimum Gasteiger partial charge on any atom is -0.398 e. The van der Waals surface area contributed by atoms with Crippen LogP contribution in [-0.4, -0.2) is 19.9 Å². The second kappa shape index (κ2) is 3.80. The fourth-order valence-corrected chi connectivity index (χ4v) is 1.80. The Morgan fingerprint density at radius 1 is 1.16 bits per heavy atom. The maximum atomic E-state index is 13.0. The van der Waals surface area contributed by atoms with E-state index in [-0.39, 0.29) is 22.8 Å². The van der Waals surface area contributed by atoms with Crippen molar-refractivity contribution in [3.63, 3.8) is 0 Å². The summed E-state index contributed by atoms with van der Waals surface area (Å²) in [6, 6.07) is 3.90. The average Bonchev–Trinajstić information content (AvgIpc) is 2.72. The molecule has 6 N–H and O–H groups in total. The van der Waals surface area contributed by atoms with Crippen molar-refractivity contribution in [2.45, 2.75) is 0 Å². The molecule has 2 aromatic heterocycles. The van der Waals surface area contributed by atoms with Crippen LogP contribution in [0.3, 0.4) is 0 Å². The minimum atomic E-state index is -0.447. The molecule has 2 heterocycles. The molecule has 0 atom stereocenters. The van der Waals surface area contributed by atoms with E-state index in [0.29, 0.717) is 11.4 Å². The molecule has 0 spiro atoms. The summed E-state index contributed by atoms with van der Waals surface area (Å²) in [6.45, 7) is 0. The van der Waals surface area contributed by atoms with Crippen molar-refractivity contribution in [1.29, 1.82) is 0 Å². The largest absolute Gasteiger partial charge is 0.398 e. The lowest BCUT2D eigenvalue weighted by Gasteiger charge is -2.01. The van der Waals surface area contributed by atoms with Crippen LogP contribution < -0.4 is 17.0 Å². The molecular formula is C11H9FN6O. The molecule has 8 heteroatoms. The highest BCUT2D eigenvalue weighted by atomic mass is 19.1. The number of hydrogen-bond donors (Lipinski definition) is 4. The van der Waals surface area contributed by atoms with Gasteiger partial charge in [0.05, 0.1) is 0 Å². The molecule has 0 radical (unpaired) electrons. The van der Waals surface area contributed by atoms with Crippen molar-refractivity contribution < 1.29 is 4.39 Å². The number of nitrogens with two attached hydrogens (primary N) is 2. The lowest BCUT2D eigenvalue weighted by Crippen LogP contribution is -2.10. The van der Waals surface area contributed by atoms with E-state index in [4.69, 9.17) is 11.5 Å². The molecule has 7 nitrogen and oxygen atoms in total. The number of halogens is 1. The Hall–Kier alpha value is -2.90. The predicted molar refractivity (Wildman–Crippen MR) is 68.7 cm³/mol. The Kier molecular flexibility index (Phi) is 2.24. The van der Waals surface area contributed by atoms with Gasteiger partial charge in [0.25, 0.3) is 5.56 Å². The van der Waals surface area contributed by atoms with Crippen LogP contribution in [-0.2, 0) is 0 Å². The highest BCUT2D eigenvalue weighted by Gasteiger charge is 2.12. The second-order valence-electron chi connectivity index (χ2n) is 3.97. The molecule has 0 amide bonds. The molecule has 19 heavy (non-hydrogen) atoms. The zero-order valence-corrected chi connectivity index (χ0v) is 9.57. The third kappa shape index (κ3) is 1.79. The SMILES string of the molecule is Nc1nc2nc(-c3ccc(F)cc3N)[nH]c2c(=O)[nH]1. The van der Waals surface area contributed by atoms with Gasteiger partial charge in [-0.2, -0.15) is 4.98 Å². The number of aromatic amines is 2. The smallest absolute Gasteiger partial charge is 0.278 e. The van der Waals surface area contributed by atoms with Crippen LogP contribution >= 0.6 is 0 Å². The first-order chi connectivity index (χ1) is 9.04. The van der Waals surface area contributed by atoms with E-state index >= 15 is 0 Å². The summed E-state index contributed by atoms with van der Waals surface area (Å²) >= 11 is 0. The molecule has 0 saturated heterocycles. The van der Waals surface area contributed by atoms with Crippen molar-refractivity contribution >= 4 is 22.8 Å². The zero-order chi connectivity index (χ0) is 13.6.